The number of nitrogens with zero attached hydrogens (tertiary/aromatic N) is 1. The first-order valence-electron chi connectivity index (χ1n) is 8.35. The van der Waals surface area contributed by atoms with Gasteiger partial charge in [0.2, 0.25) is 0 Å². The minimum Gasteiger partial charge on any atom is -0.343 e. The number of benzene rings is 1. The number of hydrogen-bond donors (Lipinski definition) is 1. The zero-order valence-corrected chi connectivity index (χ0v) is 14.0. The predicted molar refractivity (Wildman–Crippen MR) is 92.6 cm³/mol. The van der Waals surface area contributed by atoms with Gasteiger partial charge in [-0.1, -0.05) is 45.9 Å². The molecule has 21 heavy (non-hydrogen) atoms. The standard InChI is InChI=1S/C19H30N2/c1-15(2)8-7-11-21-18(14-20-13-16(3)4)12-17-9-5-6-10-19(17)21/h5-6,9-10,12,15-16,20H,7-8,11,13-14H2,1-4H3. The molecule has 0 radical (unpaired) electrons. The van der Waals surface area contributed by atoms with Gasteiger partial charge in [-0.15, -0.1) is 0 Å². The Labute approximate surface area is 129 Å². The lowest BCUT2D eigenvalue weighted by Gasteiger charge is -2.13. The number of fused-ring (bicyclic) bond motifs is 1. The molecular formula is C19H30N2. The first-order valence-corrected chi connectivity index (χ1v) is 8.35. The molecule has 1 heterocycles. The summed E-state index contributed by atoms with van der Waals surface area (Å²) in [6.45, 7) is 12.3. The van der Waals surface area contributed by atoms with E-state index in [1.165, 1.54) is 29.4 Å². The number of aryl methyl sites for hydroxylation is 1. The van der Waals surface area contributed by atoms with Gasteiger partial charge in [0, 0.05) is 24.3 Å². The van der Waals surface area contributed by atoms with Gasteiger partial charge in [-0.3, -0.25) is 0 Å². The summed E-state index contributed by atoms with van der Waals surface area (Å²) in [6, 6.07) is 11.1. The first-order chi connectivity index (χ1) is 10.1. The van der Waals surface area contributed by atoms with Crippen LogP contribution in [0.15, 0.2) is 30.3 Å². The number of hydrogen-bond acceptors (Lipinski definition) is 1. The Hall–Kier alpha value is -1.28. The Balaban J connectivity index is 2.13. The van der Waals surface area contributed by atoms with Crippen molar-refractivity contribution in [3.8, 4) is 0 Å². The Morgan fingerprint density at radius 2 is 1.81 bits per heavy atom. The molecule has 0 aliphatic heterocycles. The van der Waals surface area contributed by atoms with Crippen molar-refractivity contribution in [3.63, 3.8) is 0 Å². The Morgan fingerprint density at radius 3 is 2.52 bits per heavy atom. The Morgan fingerprint density at radius 1 is 1.05 bits per heavy atom. The van der Waals surface area contributed by atoms with Crippen molar-refractivity contribution in [2.24, 2.45) is 11.8 Å². The van der Waals surface area contributed by atoms with E-state index in [1.807, 2.05) is 0 Å². The van der Waals surface area contributed by atoms with Crippen molar-refractivity contribution < 1.29 is 0 Å². The maximum atomic E-state index is 3.58. The second-order valence-electron chi connectivity index (χ2n) is 6.91. The fourth-order valence-electron chi connectivity index (χ4n) is 2.82. The van der Waals surface area contributed by atoms with E-state index < -0.39 is 0 Å². The fraction of sp³-hybridized carbons (Fsp3) is 0.579. The van der Waals surface area contributed by atoms with Crippen molar-refractivity contribution >= 4 is 10.9 Å². The summed E-state index contributed by atoms with van der Waals surface area (Å²) in [6.07, 6.45) is 2.55. The molecule has 2 aromatic rings. The average molecular weight is 286 g/mol. The molecule has 0 atom stereocenters. The van der Waals surface area contributed by atoms with E-state index in [1.54, 1.807) is 0 Å². The van der Waals surface area contributed by atoms with Crippen molar-refractivity contribution in [2.45, 2.75) is 53.6 Å². The van der Waals surface area contributed by atoms with Gasteiger partial charge in [0.05, 0.1) is 0 Å². The SMILES string of the molecule is CC(C)CCCn1c(CNCC(C)C)cc2ccccc21. The van der Waals surface area contributed by atoms with Crippen LogP contribution in [0.25, 0.3) is 10.9 Å². The van der Waals surface area contributed by atoms with E-state index in [2.05, 4.69) is 67.9 Å². The minimum atomic E-state index is 0.698. The summed E-state index contributed by atoms with van der Waals surface area (Å²) < 4.78 is 2.50. The monoisotopic (exact) mass is 286 g/mol. The van der Waals surface area contributed by atoms with Gasteiger partial charge in [0.25, 0.3) is 0 Å². The maximum absolute atomic E-state index is 3.58. The molecule has 0 aliphatic rings. The minimum absolute atomic E-state index is 0.698. The smallest absolute Gasteiger partial charge is 0.0482 e. The second-order valence-corrected chi connectivity index (χ2v) is 6.91. The lowest BCUT2D eigenvalue weighted by atomic mass is 10.1. The van der Waals surface area contributed by atoms with E-state index in [0.29, 0.717) is 5.92 Å². The first kappa shape index (κ1) is 16.1. The Kier molecular flexibility index (Phi) is 5.86. The zero-order chi connectivity index (χ0) is 15.2. The lowest BCUT2D eigenvalue weighted by molar-refractivity contribution is 0.499. The van der Waals surface area contributed by atoms with Crippen LogP contribution in [0, 0.1) is 11.8 Å². The van der Waals surface area contributed by atoms with Crippen LogP contribution in [0.4, 0.5) is 0 Å². The van der Waals surface area contributed by atoms with Gasteiger partial charge >= 0.3 is 0 Å². The highest BCUT2D eigenvalue weighted by atomic mass is 15.0. The highest BCUT2D eigenvalue weighted by Crippen LogP contribution is 2.21. The molecule has 0 aliphatic carbocycles. The quantitative estimate of drug-likeness (QED) is 0.736. The molecule has 0 saturated heterocycles. The van der Waals surface area contributed by atoms with Crippen LogP contribution in [0.3, 0.4) is 0 Å². The lowest BCUT2D eigenvalue weighted by Crippen LogP contribution is -2.21. The average Bonchev–Trinajstić information content (AvgIpc) is 2.76. The normalized spacial score (nSPS) is 11.9. The highest BCUT2D eigenvalue weighted by molar-refractivity contribution is 5.81. The largest absolute Gasteiger partial charge is 0.343 e. The highest BCUT2D eigenvalue weighted by Gasteiger charge is 2.08. The summed E-state index contributed by atoms with van der Waals surface area (Å²) in [4.78, 5) is 0. The van der Waals surface area contributed by atoms with Crippen LogP contribution in [0.2, 0.25) is 0 Å². The van der Waals surface area contributed by atoms with Gasteiger partial charge in [-0.2, -0.15) is 0 Å². The fourth-order valence-corrected chi connectivity index (χ4v) is 2.82. The van der Waals surface area contributed by atoms with E-state index in [-0.39, 0.29) is 0 Å². The van der Waals surface area contributed by atoms with Crippen molar-refractivity contribution in [1.29, 1.82) is 0 Å². The molecule has 0 unspecified atom stereocenters. The van der Waals surface area contributed by atoms with Crippen LogP contribution < -0.4 is 5.32 Å². The van der Waals surface area contributed by atoms with Gasteiger partial charge in [-0.05, 0) is 48.7 Å². The predicted octanol–water partition coefficient (Wildman–Crippen LogP) is 4.82. The molecule has 0 amide bonds. The van der Waals surface area contributed by atoms with Gasteiger partial charge in [0.1, 0.15) is 0 Å². The molecular weight excluding hydrogens is 256 g/mol. The molecule has 0 saturated carbocycles. The summed E-state index contributed by atoms with van der Waals surface area (Å²) in [5.41, 5.74) is 2.79. The third-order valence-electron chi connectivity index (χ3n) is 3.92. The van der Waals surface area contributed by atoms with Gasteiger partial charge in [-0.25, -0.2) is 0 Å². The van der Waals surface area contributed by atoms with E-state index >= 15 is 0 Å². The molecule has 0 fully saturated rings. The van der Waals surface area contributed by atoms with Crippen LogP contribution in [-0.2, 0) is 13.1 Å². The number of para-hydroxylation sites is 1. The van der Waals surface area contributed by atoms with Crippen LogP contribution >= 0.6 is 0 Å². The summed E-state index contributed by atoms with van der Waals surface area (Å²) in [5, 5.41) is 4.95. The molecule has 0 bridgehead atoms. The molecule has 1 N–H and O–H groups in total. The number of rotatable bonds is 8. The maximum Gasteiger partial charge on any atom is 0.0482 e. The van der Waals surface area contributed by atoms with Crippen molar-refractivity contribution in [2.75, 3.05) is 6.54 Å². The summed E-state index contributed by atoms with van der Waals surface area (Å²) in [7, 11) is 0. The number of aromatic nitrogens is 1. The molecule has 2 heteroatoms. The molecule has 1 aromatic heterocycles. The van der Waals surface area contributed by atoms with Crippen molar-refractivity contribution in [1.82, 2.24) is 9.88 Å². The number of nitrogens with one attached hydrogen (secondary N) is 1. The molecule has 116 valence electrons. The van der Waals surface area contributed by atoms with Crippen LogP contribution in [-0.4, -0.2) is 11.1 Å². The zero-order valence-electron chi connectivity index (χ0n) is 14.0. The van der Waals surface area contributed by atoms with Gasteiger partial charge in [0.15, 0.2) is 0 Å². The van der Waals surface area contributed by atoms with E-state index in [4.69, 9.17) is 0 Å². The van der Waals surface area contributed by atoms with Crippen LogP contribution in [0.5, 0.6) is 0 Å². The van der Waals surface area contributed by atoms with Crippen LogP contribution in [0.1, 0.15) is 46.2 Å². The molecule has 0 spiro atoms. The second kappa shape index (κ2) is 7.65. The summed E-state index contributed by atoms with van der Waals surface area (Å²) >= 11 is 0. The Bertz CT molecular complexity index is 552. The molecule has 2 rings (SSSR count). The third kappa shape index (κ3) is 4.60. The topological polar surface area (TPSA) is 17.0 Å². The van der Waals surface area contributed by atoms with Crippen molar-refractivity contribution in [3.05, 3.63) is 36.0 Å². The molecule has 2 nitrogen and oxygen atoms in total. The van der Waals surface area contributed by atoms with E-state index in [9.17, 15) is 0 Å². The van der Waals surface area contributed by atoms with E-state index in [0.717, 1.165) is 25.6 Å². The summed E-state index contributed by atoms with van der Waals surface area (Å²) in [5.74, 6) is 1.48. The molecule has 1 aromatic carbocycles. The third-order valence-corrected chi connectivity index (χ3v) is 3.92. The van der Waals surface area contributed by atoms with Gasteiger partial charge < -0.3 is 9.88 Å².